The molecule has 9 rings (SSSR count). The molecule has 7 aromatic carbocycles. The van der Waals surface area contributed by atoms with Crippen LogP contribution in [-0.4, -0.2) is 14.1 Å². The second kappa shape index (κ2) is 13.4. The summed E-state index contributed by atoms with van der Waals surface area (Å²) in [4.78, 5) is 4.75. The highest BCUT2D eigenvalue weighted by molar-refractivity contribution is 6.10. The summed E-state index contributed by atoms with van der Waals surface area (Å²) in [6.07, 6.45) is 0. The summed E-state index contributed by atoms with van der Waals surface area (Å²) in [6.45, 7) is 0. The van der Waals surface area contributed by atoms with Gasteiger partial charge in [0.2, 0.25) is 0 Å². The Balaban J connectivity index is 0.000000147. The number of hydrogen-bond acceptors (Lipinski definition) is 3. The fourth-order valence-corrected chi connectivity index (χ4v) is 6.78. The van der Waals surface area contributed by atoms with E-state index in [4.69, 9.17) is 4.98 Å². The molecule has 5 heteroatoms. The number of rotatable bonds is 4. The molecule has 2 heterocycles. The van der Waals surface area contributed by atoms with Crippen LogP contribution in [0.15, 0.2) is 170 Å². The van der Waals surface area contributed by atoms with Gasteiger partial charge in [0, 0.05) is 40.1 Å². The summed E-state index contributed by atoms with van der Waals surface area (Å²) in [7, 11) is 2.15. The van der Waals surface area contributed by atoms with Crippen molar-refractivity contribution in [2.24, 2.45) is 7.05 Å². The number of fused-ring (bicyclic) bond motifs is 4. The molecular formula is C46H31N5. The van der Waals surface area contributed by atoms with Crippen LogP contribution in [0.5, 0.6) is 0 Å². The van der Waals surface area contributed by atoms with Crippen molar-refractivity contribution in [2.75, 3.05) is 0 Å². The molecule has 0 unspecified atom stereocenters. The molecule has 0 saturated heterocycles. The summed E-state index contributed by atoms with van der Waals surface area (Å²) < 4.78 is 4.33. The smallest absolute Gasteiger partial charge is 0.145 e. The first-order valence-corrected chi connectivity index (χ1v) is 16.7. The molecule has 0 aliphatic heterocycles. The predicted molar refractivity (Wildman–Crippen MR) is 207 cm³/mol. The normalized spacial score (nSPS) is 10.8. The van der Waals surface area contributed by atoms with Gasteiger partial charge in [0.15, 0.2) is 0 Å². The van der Waals surface area contributed by atoms with E-state index >= 15 is 0 Å². The fraction of sp³-hybridized carbons (Fsp3) is 0.0217. The van der Waals surface area contributed by atoms with Crippen molar-refractivity contribution < 1.29 is 0 Å². The number of aromatic nitrogens is 3. The van der Waals surface area contributed by atoms with Crippen LogP contribution in [0.2, 0.25) is 0 Å². The molecule has 2 aromatic heterocycles. The zero-order valence-corrected chi connectivity index (χ0v) is 27.9. The van der Waals surface area contributed by atoms with Crippen molar-refractivity contribution in [3.8, 4) is 51.5 Å². The van der Waals surface area contributed by atoms with Crippen LogP contribution in [0.4, 0.5) is 0 Å². The summed E-state index contributed by atoms with van der Waals surface area (Å²) in [5, 5.41) is 21.2. The second-order valence-corrected chi connectivity index (χ2v) is 12.4. The number of nitriles is 2. The number of nitrogens with zero attached hydrogens (tertiary/aromatic N) is 5. The minimum absolute atomic E-state index is 0.445. The Labute approximate surface area is 296 Å². The monoisotopic (exact) mass is 653 g/mol. The third-order valence-electron chi connectivity index (χ3n) is 9.24. The van der Waals surface area contributed by atoms with Crippen molar-refractivity contribution in [1.29, 1.82) is 10.5 Å². The Kier molecular flexibility index (Phi) is 8.14. The van der Waals surface area contributed by atoms with Gasteiger partial charge in [0.1, 0.15) is 5.82 Å². The van der Waals surface area contributed by atoms with Crippen LogP contribution in [0, 0.1) is 22.7 Å². The highest BCUT2D eigenvalue weighted by Gasteiger charge is 2.16. The first-order chi connectivity index (χ1) is 25.1. The Bertz CT molecular complexity index is 2630. The summed E-state index contributed by atoms with van der Waals surface area (Å²) in [5.41, 5.74) is 12.0. The van der Waals surface area contributed by atoms with E-state index in [0.29, 0.717) is 17.0 Å². The topological polar surface area (TPSA) is 70.3 Å². The number of hydrogen-bond donors (Lipinski definition) is 0. The van der Waals surface area contributed by atoms with Gasteiger partial charge in [-0.25, -0.2) is 4.98 Å². The summed E-state index contributed by atoms with van der Waals surface area (Å²) in [5.74, 6) is 0.709. The molecule has 0 spiro atoms. The maximum atomic E-state index is 9.27. The van der Waals surface area contributed by atoms with Gasteiger partial charge in [-0.15, -0.1) is 0 Å². The Morgan fingerprint density at radius 1 is 0.451 bits per heavy atom. The molecule has 5 nitrogen and oxygen atoms in total. The van der Waals surface area contributed by atoms with E-state index in [1.807, 2.05) is 59.2 Å². The van der Waals surface area contributed by atoms with Crippen LogP contribution in [0.25, 0.3) is 72.2 Å². The molecule has 9 aromatic rings. The lowest BCUT2D eigenvalue weighted by Crippen LogP contribution is -1.98. The molecule has 0 saturated carbocycles. The molecule has 0 radical (unpaired) electrons. The van der Waals surface area contributed by atoms with Gasteiger partial charge >= 0.3 is 0 Å². The zero-order chi connectivity index (χ0) is 34.7. The third-order valence-corrected chi connectivity index (χ3v) is 9.24. The molecule has 0 atom stereocenters. The fourth-order valence-electron chi connectivity index (χ4n) is 6.78. The Morgan fingerprint density at radius 3 is 1.47 bits per heavy atom. The molecule has 0 aliphatic carbocycles. The van der Waals surface area contributed by atoms with E-state index < -0.39 is 0 Å². The quantitative estimate of drug-likeness (QED) is 0.190. The van der Waals surface area contributed by atoms with Crippen molar-refractivity contribution >= 4 is 32.8 Å². The van der Waals surface area contributed by atoms with E-state index in [0.717, 1.165) is 22.3 Å². The van der Waals surface area contributed by atoms with Crippen LogP contribution in [0.1, 0.15) is 11.1 Å². The lowest BCUT2D eigenvalue weighted by atomic mass is 10.0. The predicted octanol–water partition coefficient (Wildman–Crippen LogP) is 11.1. The van der Waals surface area contributed by atoms with Gasteiger partial charge in [-0.1, -0.05) is 103 Å². The second-order valence-electron chi connectivity index (χ2n) is 12.4. The first kappa shape index (κ1) is 31.1. The largest absolute Gasteiger partial charge is 0.344 e. The van der Waals surface area contributed by atoms with Crippen molar-refractivity contribution in [3.63, 3.8) is 0 Å². The highest BCUT2D eigenvalue weighted by atomic mass is 15.1. The van der Waals surface area contributed by atoms with Crippen LogP contribution in [-0.2, 0) is 7.05 Å². The van der Waals surface area contributed by atoms with Gasteiger partial charge in [-0.2, -0.15) is 10.5 Å². The zero-order valence-electron chi connectivity index (χ0n) is 27.9. The number of benzene rings is 7. The van der Waals surface area contributed by atoms with E-state index in [9.17, 15) is 10.5 Å². The average molecular weight is 654 g/mol. The maximum Gasteiger partial charge on any atom is 0.145 e. The van der Waals surface area contributed by atoms with E-state index in [1.54, 1.807) is 18.2 Å². The van der Waals surface area contributed by atoms with Crippen molar-refractivity contribution in [1.82, 2.24) is 14.1 Å². The Hall–Kier alpha value is -7.21. The van der Waals surface area contributed by atoms with Crippen LogP contribution < -0.4 is 0 Å². The minimum Gasteiger partial charge on any atom is -0.344 e. The van der Waals surface area contributed by atoms with Gasteiger partial charge in [-0.05, 0) is 89.0 Å². The molecule has 0 amide bonds. The molecule has 240 valence electrons. The van der Waals surface area contributed by atoms with Crippen LogP contribution >= 0.6 is 0 Å². The third kappa shape index (κ3) is 5.91. The average Bonchev–Trinajstić information content (AvgIpc) is 3.74. The standard InChI is InChI=1S/C25H19N.C21H12N4/c1-26-24-14-12-20(18-8-4-2-5-9-18)16-22(24)23-17-21(13-15-25(23)26)19-10-6-3-7-11-19;22-13-15-10-16(14-23)12-17(11-15)21-24-19-8-4-5-9-20(19)25(21)18-6-2-1-3-7-18/h2-17H,1H3;1-12H. The number of aryl methyl sites for hydroxylation is 1. The van der Waals surface area contributed by atoms with E-state index in [2.05, 4.69) is 121 Å². The Morgan fingerprint density at radius 2 is 0.941 bits per heavy atom. The molecular weight excluding hydrogens is 623 g/mol. The highest BCUT2D eigenvalue weighted by Crippen LogP contribution is 2.35. The van der Waals surface area contributed by atoms with Crippen molar-refractivity contribution in [2.45, 2.75) is 0 Å². The van der Waals surface area contributed by atoms with Gasteiger partial charge in [0.25, 0.3) is 0 Å². The summed E-state index contributed by atoms with van der Waals surface area (Å²) >= 11 is 0. The van der Waals surface area contributed by atoms with Gasteiger partial charge < -0.3 is 4.57 Å². The molecule has 0 aliphatic rings. The number of para-hydroxylation sites is 3. The lowest BCUT2D eigenvalue weighted by molar-refractivity contribution is 1.01. The molecule has 0 bridgehead atoms. The lowest BCUT2D eigenvalue weighted by Gasteiger charge is -2.10. The maximum absolute atomic E-state index is 9.27. The minimum atomic E-state index is 0.445. The van der Waals surface area contributed by atoms with E-state index in [1.165, 1.54) is 44.1 Å². The van der Waals surface area contributed by atoms with E-state index in [-0.39, 0.29) is 0 Å². The molecule has 0 fully saturated rings. The SMILES string of the molecule is Cn1c2ccc(-c3ccccc3)cc2c2cc(-c3ccccc3)ccc21.N#Cc1cc(C#N)cc(-c2nc3ccccc3n2-c2ccccc2)c1. The van der Waals surface area contributed by atoms with Gasteiger partial charge in [0.05, 0.1) is 34.3 Å². The summed E-state index contributed by atoms with van der Waals surface area (Å²) in [6, 6.07) is 61.9. The van der Waals surface area contributed by atoms with Crippen molar-refractivity contribution in [3.05, 3.63) is 181 Å². The molecule has 51 heavy (non-hydrogen) atoms. The first-order valence-electron chi connectivity index (χ1n) is 16.7. The molecule has 0 N–H and O–H groups in total. The van der Waals surface area contributed by atoms with Crippen LogP contribution in [0.3, 0.4) is 0 Å². The number of imidazole rings is 1. The van der Waals surface area contributed by atoms with Gasteiger partial charge in [-0.3, -0.25) is 4.57 Å².